The van der Waals surface area contributed by atoms with Gasteiger partial charge >= 0.3 is 0 Å². The monoisotopic (exact) mass is 388 g/mol. The lowest BCUT2D eigenvalue weighted by Gasteiger charge is -2.07. The number of nitrogens with one attached hydrogen (secondary N) is 1. The number of benzene rings is 1. The Labute approximate surface area is 166 Å². The normalized spacial score (nSPS) is 10.8. The minimum Gasteiger partial charge on any atom is -0.350 e. The van der Waals surface area contributed by atoms with Crippen molar-refractivity contribution in [1.29, 1.82) is 0 Å². The van der Waals surface area contributed by atoms with Gasteiger partial charge in [-0.15, -0.1) is 0 Å². The molecule has 144 valence electrons. The van der Waals surface area contributed by atoms with Crippen LogP contribution in [0.25, 0.3) is 10.9 Å². The number of halogens is 1. The molecular formula is C22H17FN4O2. The number of fused-ring (bicyclic) bond motifs is 1. The smallest absolute Gasteiger partial charge is 0.240 e. The van der Waals surface area contributed by atoms with Gasteiger partial charge in [-0.1, -0.05) is 0 Å². The van der Waals surface area contributed by atoms with E-state index in [1.165, 1.54) is 24.3 Å². The number of pyridine rings is 2. The number of nitrogens with zero attached hydrogens (tertiary/aromatic N) is 3. The lowest BCUT2D eigenvalue weighted by Crippen LogP contribution is -2.26. The van der Waals surface area contributed by atoms with Gasteiger partial charge in [0.25, 0.3) is 0 Å². The molecule has 0 radical (unpaired) electrons. The average Bonchev–Trinajstić information content (AvgIpc) is 3.11. The Morgan fingerprint density at radius 2 is 1.69 bits per heavy atom. The standard InChI is InChI=1S/C22H17FN4O2/c23-17-3-1-16(2-4-17)22(29)19-13-27(20-12-25-10-7-18(19)20)14-21(28)26-11-15-5-8-24-9-6-15/h1-10,12-13H,11,14H2,(H,26,28). The molecule has 6 nitrogen and oxygen atoms in total. The molecule has 0 saturated heterocycles. The van der Waals surface area contributed by atoms with Crippen LogP contribution in [0, 0.1) is 5.82 Å². The molecule has 0 aliphatic heterocycles. The van der Waals surface area contributed by atoms with Crippen molar-refractivity contribution in [2.75, 3.05) is 0 Å². The Balaban J connectivity index is 1.58. The first-order chi connectivity index (χ1) is 14.1. The van der Waals surface area contributed by atoms with Gasteiger partial charge in [0.2, 0.25) is 5.91 Å². The molecule has 3 heterocycles. The van der Waals surface area contributed by atoms with Gasteiger partial charge in [0.05, 0.1) is 11.7 Å². The van der Waals surface area contributed by atoms with E-state index in [0.29, 0.717) is 28.6 Å². The first kappa shape index (κ1) is 18.5. The van der Waals surface area contributed by atoms with Crippen LogP contribution in [-0.2, 0) is 17.9 Å². The maximum atomic E-state index is 13.2. The highest BCUT2D eigenvalue weighted by Gasteiger charge is 2.18. The molecule has 0 saturated carbocycles. The molecule has 0 unspecified atom stereocenters. The third-order valence-corrected chi connectivity index (χ3v) is 4.59. The van der Waals surface area contributed by atoms with Gasteiger partial charge in [0, 0.05) is 47.8 Å². The molecule has 1 N–H and O–H groups in total. The summed E-state index contributed by atoms with van der Waals surface area (Å²) >= 11 is 0. The minimum absolute atomic E-state index is 0.0456. The first-order valence-corrected chi connectivity index (χ1v) is 9.00. The van der Waals surface area contributed by atoms with E-state index >= 15 is 0 Å². The number of carbonyl (C=O) groups excluding carboxylic acids is 2. The van der Waals surface area contributed by atoms with Crippen molar-refractivity contribution < 1.29 is 14.0 Å². The molecule has 0 atom stereocenters. The highest BCUT2D eigenvalue weighted by molar-refractivity contribution is 6.16. The number of ketones is 1. The topological polar surface area (TPSA) is 76.9 Å². The molecule has 0 bridgehead atoms. The predicted molar refractivity (Wildman–Crippen MR) is 106 cm³/mol. The molecule has 0 aliphatic carbocycles. The molecule has 29 heavy (non-hydrogen) atoms. The van der Waals surface area contributed by atoms with Crippen molar-refractivity contribution in [3.05, 3.63) is 96.0 Å². The number of aromatic nitrogens is 3. The summed E-state index contributed by atoms with van der Waals surface area (Å²) in [5.74, 6) is -0.834. The zero-order valence-electron chi connectivity index (χ0n) is 15.4. The minimum atomic E-state index is -0.404. The molecule has 0 aliphatic rings. The van der Waals surface area contributed by atoms with Crippen molar-refractivity contribution in [2.24, 2.45) is 0 Å². The van der Waals surface area contributed by atoms with Crippen molar-refractivity contribution >= 4 is 22.6 Å². The van der Waals surface area contributed by atoms with Crippen LogP contribution in [0.15, 0.2) is 73.4 Å². The van der Waals surface area contributed by atoms with Crippen molar-refractivity contribution in [2.45, 2.75) is 13.1 Å². The zero-order valence-corrected chi connectivity index (χ0v) is 15.4. The summed E-state index contributed by atoms with van der Waals surface area (Å²) in [6.45, 7) is 0.435. The fourth-order valence-corrected chi connectivity index (χ4v) is 3.12. The van der Waals surface area contributed by atoms with Crippen LogP contribution in [-0.4, -0.2) is 26.2 Å². The summed E-state index contributed by atoms with van der Waals surface area (Å²) in [6.07, 6.45) is 8.19. The van der Waals surface area contributed by atoms with Crippen molar-refractivity contribution in [3.8, 4) is 0 Å². The van der Waals surface area contributed by atoms with Gasteiger partial charge < -0.3 is 9.88 Å². The highest BCUT2D eigenvalue weighted by atomic mass is 19.1. The fraction of sp³-hybridized carbons (Fsp3) is 0.0909. The molecule has 3 aromatic heterocycles. The van der Waals surface area contributed by atoms with Gasteiger partial charge in [-0.2, -0.15) is 0 Å². The van der Waals surface area contributed by atoms with E-state index in [1.54, 1.807) is 41.6 Å². The fourth-order valence-electron chi connectivity index (χ4n) is 3.12. The lowest BCUT2D eigenvalue weighted by molar-refractivity contribution is -0.121. The number of hydrogen-bond donors (Lipinski definition) is 1. The highest BCUT2D eigenvalue weighted by Crippen LogP contribution is 2.23. The van der Waals surface area contributed by atoms with Gasteiger partial charge in [-0.3, -0.25) is 19.6 Å². The Kier molecular flexibility index (Phi) is 5.11. The number of rotatable bonds is 6. The molecule has 4 aromatic rings. The summed E-state index contributed by atoms with van der Waals surface area (Å²) in [7, 11) is 0. The van der Waals surface area contributed by atoms with E-state index in [9.17, 15) is 14.0 Å². The van der Waals surface area contributed by atoms with E-state index < -0.39 is 5.82 Å². The summed E-state index contributed by atoms with van der Waals surface area (Å²) in [4.78, 5) is 33.4. The van der Waals surface area contributed by atoms with Crippen LogP contribution in [0.4, 0.5) is 4.39 Å². The molecule has 0 fully saturated rings. The van der Waals surface area contributed by atoms with Crippen LogP contribution >= 0.6 is 0 Å². The third kappa shape index (κ3) is 4.03. The van der Waals surface area contributed by atoms with E-state index in [2.05, 4.69) is 15.3 Å². The second kappa shape index (κ2) is 8.02. The predicted octanol–water partition coefficient (Wildman–Crippen LogP) is 3.12. The number of carbonyl (C=O) groups is 2. The maximum Gasteiger partial charge on any atom is 0.240 e. The molecule has 4 rings (SSSR count). The van der Waals surface area contributed by atoms with Crippen LogP contribution < -0.4 is 5.32 Å². The second-order valence-corrected chi connectivity index (χ2v) is 6.53. The van der Waals surface area contributed by atoms with Gasteiger partial charge in [-0.25, -0.2) is 4.39 Å². The maximum absolute atomic E-state index is 13.2. The van der Waals surface area contributed by atoms with Gasteiger partial charge in [-0.05, 0) is 48.0 Å². The van der Waals surface area contributed by atoms with Gasteiger partial charge in [0.15, 0.2) is 5.78 Å². The van der Waals surface area contributed by atoms with Gasteiger partial charge in [0.1, 0.15) is 12.4 Å². The van der Waals surface area contributed by atoms with E-state index in [4.69, 9.17) is 0 Å². The zero-order chi connectivity index (χ0) is 20.2. The van der Waals surface area contributed by atoms with E-state index in [0.717, 1.165) is 5.56 Å². The summed E-state index contributed by atoms with van der Waals surface area (Å²) in [5, 5.41) is 3.54. The quantitative estimate of drug-likeness (QED) is 0.515. The molecule has 1 amide bonds. The van der Waals surface area contributed by atoms with E-state index in [-0.39, 0.29) is 18.2 Å². The van der Waals surface area contributed by atoms with Crippen LogP contribution in [0.3, 0.4) is 0 Å². The summed E-state index contributed by atoms with van der Waals surface area (Å²) in [6, 6.07) is 10.8. The largest absolute Gasteiger partial charge is 0.350 e. The molecule has 7 heteroatoms. The molecular weight excluding hydrogens is 371 g/mol. The second-order valence-electron chi connectivity index (χ2n) is 6.53. The Morgan fingerprint density at radius 3 is 2.45 bits per heavy atom. The molecule has 0 spiro atoms. The Morgan fingerprint density at radius 1 is 0.966 bits per heavy atom. The number of hydrogen-bond acceptors (Lipinski definition) is 4. The number of amides is 1. The van der Waals surface area contributed by atoms with Crippen molar-refractivity contribution in [1.82, 2.24) is 19.9 Å². The van der Waals surface area contributed by atoms with Crippen LogP contribution in [0.1, 0.15) is 21.5 Å². The van der Waals surface area contributed by atoms with Crippen LogP contribution in [0.5, 0.6) is 0 Å². The average molecular weight is 388 g/mol. The Bertz CT molecular complexity index is 1170. The lowest BCUT2D eigenvalue weighted by atomic mass is 10.0. The summed E-state index contributed by atoms with van der Waals surface area (Å²) in [5.41, 5.74) is 2.44. The Hall–Kier alpha value is -3.87. The van der Waals surface area contributed by atoms with Crippen LogP contribution in [0.2, 0.25) is 0 Å². The third-order valence-electron chi connectivity index (χ3n) is 4.59. The molecule has 1 aromatic carbocycles. The summed E-state index contributed by atoms with van der Waals surface area (Å²) < 4.78 is 14.9. The first-order valence-electron chi connectivity index (χ1n) is 9.00. The van der Waals surface area contributed by atoms with Crippen molar-refractivity contribution in [3.63, 3.8) is 0 Å². The SMILES string of the molecule is O=C(Cn1cc(C(=O)c2ccc(F)cc2)c2ccncc21)NCc1ccncc1. The van der Waals surface area contributed by atoms with E-state index in [1.807, 2.05) is 12.1 Å².